The van der Waals surface area contributed by atoms with E-state index in [0.717, 1.165) is 4.70 Å². The summed E-state index contributed by atoms with van der Waals surface area (Å²) >= 11 is 13.9. The Hall–Kier alpha value is -3.90. The second-order valence-electron chi connectivity index (χ2n) is 7.98. The van der Waals surface area contributed by atoms with E-state index < -0.39 is 11.9 Å². The average molecular weight is 553 g/mol. The summed E-state index contributed by atoms with van der Waals surface area (Å²) in [5.74, 6) is 0.400. The molecule has 1 atom stereocenters. The largest absolute Gasteiger partial charge is 0.497 e. The predicted molar refractivity (Wildman–Crippen MR) is 142 cm³/mol. The summed E-state index contributed by atoms with van der Waals surface area (Å²) in [6, 6.07) is 17.6. The molecule has 1 aliphatic heterocycles. The number of hydrogen-bond donors (Lipinski definition) is 1. The number of carbonyl (C=O) groups is 1. The van der Waals surface area contributed by atoms with E-state index >= 15 is 0 Å². The van der Waals surface area contributed by atoms with Crippen molar-refractivity contribution in [3.63, 3.8) is 0 Å². The monoisotopic (exact) mass is 552 g/mol. The Labute approximate surface area is 226 Å². The molecule has 3 aromatic carbocycles. The van der Waals surface area contributed by atoms with Crippen LogP contribution in [-0.4, -0.2) is 20.2 Å². The van der Waals surface area contributed by atoms with E-state index in [1.807, 2.05) is 6.07 Å². The molecule has 2 N–H and O–H groups in total. The van der Waals surface area contributed by atoms with Gasteiger partial charge in [0.15, 0.2) is 0 Å². The van der Waals surface area contributed by atoms with Gasteiger partial charge in [0, 0.05) is 27.3 Å². The lowest BCUT2D eigenvalue weighted by Crippen LogP contribution is -2.21. The minimum absolute atomic E-state index is 0.0597. The van der Waals surface area contributed by atoms with Crippen molar-refractivity contribution >= 4 is 50.6 Å². The van der Waals surface area contributed by atoms with Gasteiger partial charge >= 0.3 is 5.97 Å². The van der Waals surface area contributed by atoms with Gasteiger partial charge in [-0.15, -0.1) is 11.3 Å². The molecule has 0 amide bonds. The number of thiophene rings is 1. The number of allylic oxidation sites excluding steroid dienone is 1. The number of methoxy groups -OCH3 is 2. The number of carbonyl (C=O) groups excluding carboxylic acids is 1. The van der Waals surface area contributed by atoms with E-state index in [1.165, 1.54) is 11.3 Å². The molecule has 0 bridgehead atoms. The standard InChI is InChI=1S/C27H18Cl2N2O5S/c1-33-13-7-9-19(34-2)16(10-13)22-15-8-6-14(11-20(15)36-26(31)17(22)12-30)35-27(32)25-24(29)23-18(28)4-3-5-21(23)37-25/h3-11,22H,31H2,1-2H3. The Balaban J connectivity index is 1.53. The number of fused-ring (bicyclic) bond motifs is 2. The number of rotatable bonds is 5. The third-order valence-electron chi connectivity index (χ3n) is 5.94. The molecule has 0 aliphatic carbocycles. The molecule has 7 nitrogen and oxygen atoms in total. The van der Waals surface area contributed by atoms with Crippen molar-refractivity contribution < 1.29 is 23.7 Å². The van der Waals surface area contributed by atoms with Gasteiger partial charge in [-0.3, -0.25) is 0 Å². The smallest absolute Gasteiger partial charge is 0.355 e. The molecule has 1 unspecified atom stereocenters. The molecular weight excluding hydrogens is 535 g/mol. The molecule has 0 saturated carbocycles. The van der Waals surface area contributed by atoms with Crippen LogP contribution in [0.2, 0.25) is 10.0 Å². The van der Waals surface area contributed by atoms with E-state index in [2.05, 4.69) is 6.07 Å². The van der Waals surface area contributed by atoms with E-state index in [-0.39, 0.29) is 27.1 Å². The number of nitrogens with two attached hydrogens (primary N) is 1. The molecule has 1 aromatic heterocycles. The summed E-state index contributed by atoms with van der Waals surface area (Å²) < 4.78 is 23.1. The molecule has 2 heterocycles. The number of esters is 1. The van der Waals surface area contributed by atoms with Crippen molar-refractivity contribution in [2.45, 2.75) is 5.92 Å². The number of ether oxygens (including phenoxy) is 4. The Morgan fingerprint density at radius 1 is 1.05 bits per heavy atom. The number of nitrogens with zero attached hydrogens (tertiary/aromatic N) is 1. The van der Waals surface area contributed by atoms with Crippen LogP contribution in [0.5, 0.6) is 23.0 Å². The highest BCUT2D eigenvalue weighted by atomic mass is 35.5. The fourth-order valence-electron chi connectivity index (χ4n) is 4.24. The highest BCUT2D eigenvalue weighted by Crippen LogP contribution is 2.47. The molecule has 1 aliphatic rings. The molecule has 37 heavy (non-hydrogen) atoms. The number of nitriles is 1. The van der Waals surface area contributed by atoms with Crippen molar-refractivity contribution in [2.75, 3.05) is 14.2 Å². The van der Waals surface area contributed by atoms with Crippen molar-refractivity contribution in [1.29, 1.82) is 5.26 Å². The van der Waals surface area contributed by atoms with Crippen LogP contribution in [0, 0.1) is 11.3 Å². The number of benzene rings is 3. The van der Waals surface area contributed by atoms with Crippen LogP contribution in [0.3, 0.4) is 0 Å². The summed E-state index contributed by atoms with van der Waals surface area (Å²) in [4.78, 5) is 13.2. The SMILES string of the molecule is COc1ccc(OC)c(C2C(C#N)=C(N)Oc3cc(OC(=O)c4sc5cccc(Cl)c5c4Cl)ccc32)c1. The number of hydrogen-bond acceptors (Lipinski definition) is 8. The second-order valence-corrected chi connectivity index (χ2v) is 9.82. The van der Waals surface area contributed by atoms with Gasteiger partial charge in [0.1, 0.15) is 39.5 Å². The topological polar surface area (TPSA) is 104 Å². The first-order valence-electron chi connectivity index (χ1n) is 10.9. The maximum atomic E-state index is 13.0. The normalized spacial score (nSPS) is 14.5. The highest BCUT2D eigenvalue weighted by molar-refractivity contribution is 7.21. The summed E-state index contributed by atoms with van der Waals surface area (Å²) in [7, 11) is 3.09. The first-order valence-corrected chi connectivity index (χ1v) is 12.5. The van der Waals surface area contributed by atoms with Crippen LogP contribution in [0.4, 0.5) is 0 Å². The van der Waals surface area contributed by atoms with Crippen LogP contribution < -0.4 is 24.7 Å². The number of halogens is 2. The summed E-state index contributed by atoms with van der Waals surface area (Å²) in [6.45, 7) is 0. The third kappa shape index (κ3) is 4.31. The maximum absolute atomic E-state index is 13.0. The predicted octanol–water partition coefficient (Wildman–Crippen LogP) is 6.66. The molecule has 0 radical (unpaired) electrons. The lowest BCUT2D eigenvalue weighted by molar-refractivity contribution is 0.0740. The summed E-state index contributed by atoms with van der Waals surface area (Å²) in [6.07, 6.45) is 0. The molecule has 0 fully saturated rings. The Morgan fingerprint density at radius 2 is 1.84 bits per heavy atom. The second kappa shape index (κ2) is 9.87. The minimum Gasteiger partial charge on any atom is -0.497 e. The van der Waals surface area contributed by atoms with Gasteiger partial charge in [0.05, 0.1) is 30.2 Å². The van der Waals surface area contributed by atoms with Crippen molar-refractivity contribution in [1.82, 2.24) is 0 Å². The van der Waals surface area contributed by atoms with Crippen LogP contribution in [-0.2, 0) is 0 Å². The van der Waals surface area contributed by atoms with E-state index in [9.17, 15) is 10.1 Å². The molecule has 186 valence electrons. The summed E-state index contributed by atoms with van der Waals surface area (Å²) in [5.41, 5.74) is 7.67. The molecule has 0 spiro atoms. The third-order valence-corrected chi connectivity index (χ3v) is 7.88. The van der Waals surface area contributed by atoms with Gasteiger partial charge in [0.2, 0.25) is 5.88 Å². The highest BCUT2D eigenvalue weighted by Gasteiger charge is 2.33. The molecule has 0 saturated heterocycles. The lowest BCUT2D eigenvalue weighted by Gasteiger charge is -2.28. The van der Waals surface area contributed by atoms with Crippen LogP contribution >= 0.6 is 34.5 Å². The fourth-order valence-corrected chi connectivity index (χ4v) is 6.06. The lowest BCUT2D eigenvalue weighted by atomic mass is 9.83. The zero-order valence-corrected chi connectivity index (χ0v) is 21.8. The Kier molecular flexibility index (Phi) is 6.61. The first kappa shape index (κ1) is 24.8. The van der Waals surface area contributed by atoms with E-state index in [4.69, 9.17) is 47.9 Å². The quantitative estimate of drug-likeness (QED) is 0.218. The zero-order chi connectivity index (χ0) is 26.3. The van der Waals surface area contributed by atoms with E-state index in [1.54, 1.807) is 62.8 Å². The fraction of sp³-hybridized carbons (Fsp3) is 0.111. The van der Waals surface area contributed by atoms with Gasteiger partial charge in [-0.25, -0.2) is 4.79 Å². The van der Waals surface area contributed by atoms with Gasteiger partial charge < -0.3 is 24.7 Å². The molecule has 10 heteroatoms. The van der Waals surface area contributed by atoms with Crippen LogP contribution in [0.25, 0.3) is 10.1 Å². The van der Waals surface area contributed by atoms with Crippen LogP contribution in [0.1, 0.15) is 26.7 Å². The van der Waals surface area contributed by atoms with Gasteiger partial charge in [0.25, 0.3) is 0 Å². The molecular formula is C27H18Cl2N2O5S. The first-order chi connectivity index (χ1) is 17.9. The molecule has 4 aromatic rings. The maximum Gasteiger partial charge on any atom is 0.355 e. The van der Waals surface area contributed by atoms with Gasteiger partial charge in [-0.05, 0) is 36.4 Å². The van der Waals surface area contributed by atoms with Crippen molar-refractivity contribution in [3.8, 4) is 29.1 Å². The summed E-state index contributed by atoms with van der Waals surface area (Å²) in [5, 5.41) is 11.2. The average Bonchev–Trinajstić information content (AvgIpc) is 3.25. The Bertz CT molecular complexity index is 1640. The Morgan fingerprint density at radius 3 is 2.54 bits per heavy atom. The zero-order valence-electron chi connectivity index (χ0n) is 19.5. The van der Waals surface area contributed by atoms with Crippen LogP contribution in [0.15, 0.2) is 66.1 Å². The van der Waals surface area contributed by atoms with Crippen molar-refractivity contribution in [3.05, 3.63) is 92.1 Å². The van der Waals surface area contributed by atoms with Crippen molar-refractivity contribution in [2.24, 2.45) is 5.73 Å². The molecule has 5 rings (SSSR count). The van der Waals surface area contributed by atoms with Gasteiger partial charge in [-0.2, -0.15) is 5.26 Å². The van der Waals surface area contributed by atoms with Gasteiger partial charge in [-0.1, -0.05) is 35.3 Å². The minimum atomic E-state index is -0.634. The van der Waals surface area contributed by atoms with E-state index in [0.29, 0.717) is 38.8 Å².